The van der Waals surface area contributed by atoms with Crippen molar-refractivity contribution in [3.05, 3.63) is 81.5 Å². The van der Waals surface area contributed by atoms with Gasteiger partial charge >= 0.3 is 35.9 Å². The number of hydrogen-bond acceptors (Lipinski definition) is 19. The van der Waals surface area contributed by atoms with Crippen LogP contribution in [0.3, 0.4) is 0 Å². The first-order valence-corrected chi connectivity index (χ1v) is 24.9. The van der Waals surface area contributed by atoms with E-state index in [1.807, 2.05) is 0 Å². The highest BCUT2D eigenvalue weighted by atomic mass is 32.1. The lowest BCUT2D eigenvalue weighted by atomic mass is 9.42. The van der Waals surface area contributed by atoms with Crippen LogP contribution in [0.2, 0.25) is 0 Å². The fraction of sp³-hybridized carbons (Fsp3) is 0.558. The number of ether oxygens (including phenoxy) is 8. The molecule has 13 atom stereocenters. The van der Waals surface area contributed by atoms with Crippen molar-refractivity contribution >= 4 is 53.1 Å². The number of carbonyl (C=O) groups is 7. The fourth-order valence-electron chi connectivity index (χ4n) is 11.7. The minimum Gasteiger partial charge on any atom is -0.488 e. The van der Waals surface area contributed by atoms with E-state index >= 15 is 9.59 Å². The summed E-state index contributed by atoms with van der Waals surface area (Å²) in [5, 5.41) is 51.2. The van der Waals surface area contributed by atoms with Crippen LogP contribution in [-0.2, 0) is 42.8 Å². The number of ketones is 1. The third kappa shape index (κ3) is 9.31. The van der Waals surface area contributed by atoms with Crippen LogP contribution >= 0.6 is 11.3 Å². The van der Waals surface area contributed by atoms with E-state index < -0.39 is 136 Å². The fourth-order valence-corrected chi connectivity index (χ4v) is 12.6. The first-order valence-electron chi connectivity index (χ1n) is 24.1. The number of benzene rings is 2. The quantitative estimate of drug-likeness (QED) is 0.125. The second kappa shape index (κ2) is 19.6. The van der Waals surface area contributed by atoms with E-state index in [1.165, 1.54) is 45.0 Å². The van der Waals surface area contributed by atoms with E-state index in [4.69, 9.17) is 37.9 Å². The molecule has 0 radical (unpaired) electrons. The van der Waals surface area contributed by atoms with Crippen molar-refractivity contribution in [3.8, 4) is 11.5 Å². The van der Waals surface area contributed by atoms with Gasteiger partial charge in [0, 0.05) is 48.9 Å². The molecule has 5 N–H and O–H groups in total. The molecule has 1 aromatic heterocycles. The smallest absolute Gasteiger partial charge is 0.408 e. The first-order chi connectivity index (χ1) is 34.3. The molecular weight excluding hydrogens is 975 g/mol. The number of carboxylic acid groups (broad SMARTS) is 1. The van der Waals surface area contributed by atoms with Gasteiger partial charge in [0.25, 0.3) is 0 Å². The molecule has 3 unspecified atom stereocenters. The molecule has 3 aliphatic carbocycles. The van der Waals surface area contributed by atoms with Gasteiger partial charge in [0.1, 0.15) is 41.7 Å². The summed E-state index contributed by atoms with van der Waals surface area (Å²) in [5.41, 5.74) is -8.75. The van der Waals surface area contributed by atoms with Crippen molar-refractivity contribution in [1.82, 2.24) is 5.32 Å². The highest BCUT2D eigenvalue weighted by molar-refractivity contribution is 7.16. The van der Waals surface area contributed by atoms with Crippen molar-refractivity contribution in [1.29, 1.82) is 0 Å². The Balaban J connectivity index is 1.26. The van der Waals surface area contributed by atoms with Crippen LogP contribution in [0, 0.1) is 28.6 Å². The molecular formula is C52H61NO19S. The number of hydrogen-bond donors (Lipinski definition) is 5. The molecule has 394 valence electrons. The molecule has 2 aromatic carbocycles. The highest BCUT2D eigenvalue weighted by Crippen LogP contribution is 2.65. The predicted octanol–water partition coefficient (Wildman–Crippen LogP) is 4.98. The zero-order chi connectivity index (χ0) is 53.2. The first kappa shape index (κ1) is 53.2. The number of Topliss-reactive ketones (excluding diaryl/α,β-unsaturated/α-hetero) is 1. The Labute approximate surface area is 424 Å². The molecule has 3 saturated carbocycles. The zero-order valence-electron chi connectivity index (χ0n) is 41.6. The second-order valence-electron chi connectivity index (χ2n) is 21.2. The number of aromatic carboxylic acids is 1. The Morgan fingerprint density at radius 3 is 2.07 bits per heavy atom. The van der Waals surface area contributed by atoms with Gasteiger partial charge < -0.3 is 63.6 Å². The third-order valence-corrected chi connectivity index (χ3v) is 16.4. The van der Waals surface area contributed by atoms with Gasteiger partial charge in [-0.1, -0.05) is 76.2 Å². The normalized spacial score (nSPS) is 31.9. The summed E-state index contributed by atoms with van der Waals surface area (Å²) in [4.78, 5) is 98.0. The average Bonchev–Trinajstić information content (AvgIpc) is 3.52. The monoisotopic (exact) mass is 1040 g/mol. The lowest BCUT2D eigenvalue weighted by molar-refractivity contribution is -0.365. The number of aliphatic hydroxyl groups excluding tert-OH is 2. The van der Waals surface area contributed by atoms with Crippen molar-refractivity contribution in [2.45, 2.75) is 134 Å². The summed E-state index contributed by atoms with van der Waals surface area (Å²) >= 11 is 0.473. The molecule has 2 aliphatic heterocycles. The van der Waals surface area contributed by atoms with E-state index in [0.29, 0.717) is 17.8 Å². The van der Waals surface area contributed by atoms with E-state index in [9.17, 15) is 44.4 Å². The number of alkyl carbamates (subject to hydrolysis) is 1. The van der Waals surface area contributed by atoms with Crippen molar-refractivity contribution < 1.29 is 91.9 Å². The molecule has 2 bridgehead atoms. The van der Waals surface area contributed by atoms with Gasteiger partial charge in [-0.15, -0.1) is 11.3 Å². The van der Waals surface area contributed by atoms with Crippen LogP contribution in [0.5, 0.6) is 11.5 Å². The molecule has 5 aliphatic rings. The van der Waals surface area contributed by atoms with Crippen LogP contribution in [0.1, 0.15) is 116 Å². The Hall–Kier alpha value is -6.13. The van der Waals surface area contributed by atoms with Crippen LogP contribution in [0.25, 0.3) is 0 Å². The van der Waals surface area contributed by atoms with Crippen LogP contribution in [-0.4, -0.2) is 135 Å². The number of rotatable bonds is 11. The molecule has 3 aromatic rings. The number of esters is 4. The summed E-state index contributed by atoms with van der Waals surface area (Å²) in [6, 6.07) is 14.0. The Morgan fingerprint density at radius 2 is 1.49 bits per heavy atom. The zero-order valence-corrected chi connectivity index (χ0v) is 42.4. The van der Waals surface area contributed by atoms with Gasteiger partial charge in [-0.2, -0.15) is 0 Å². The molecule has 1 saturated heterocycles. The SMILES string of the molecule is CC(=O)O[C@@]12CO[C@@H]1C[C@H](O)[C@@]1(C)C(O)C(=O)[C@@H]3C(C)C(OC(=O)[C@H](OC(=O)c4sc(C(=O)O)c5c4OCCCO5)[C@@H](NC(=O)OC(C)(C)C)c4ccccc4)C[C@@](O)([C@@H](OC(=O)c4ccccc4)[C@H]21)C3(C)C. The lowest BCUT2D eigenvalue weighted by Crippen LogP contribution is -2.83. The van der Waals surface area contributed by atoms with Crippen LogP contribution in [0.4, 0.5) is 4.79 Å². The summed E-state index contributed by atoms with van der Waals surface area (Å²) in [7, 11) is 0. The van der Waals surface area contributed by atoms with Gasteiger partial charge in [-0.25, -0.2) is 24.0 Å². The van der Waals surface area contributed by atoms with Gasteiger partial charge in [0.2, 0.25) is 6.10 Å². The maximum atomic E-state index is 15.3. The largest absolute Gasteiger partial charge is 0.488 e. The number of fused-ring (bicyclic) bond motifs is 6. The molecule has 73 heavy (non-hydrogen) atoms. The van der Waals surface area contributed by atoms with Crippen LogP contribution < -0.4 is 14.8 Å². The molecule has 20 nitrogen and oxygen atoms in total. The van der Waals surface area contributed by atoms with E-state index in [-0.39, 0.29) is 58.6 Å². The predicted molar refractivity (Wildman–Crippen MR) is 254 cm³/mol. The lowest BCUT2D eigenvalue weighted by Gasteiger charge is -2.69. The molecule has 21 heteroatoms. The van der Waals surface area contributed by atoms with E-state index in [1.54, 1.807) is 64.1 Å². The summed E-state index contributed by atoms with van der Waals surface area (Å²) in [5.74, 6) is -11.3. The molecule has 0 spiro atoms. The number of thiophene rings is 1. The summed E-state index contributed by atoms with van der Waals surface area (Å²) in [6.45, 7) is 11.7. The number of amides is 1. The maximum absolute atomic E-state index is 15.3. The van der Waals surface area contributed by atoms with Crippen LogP contribution in [0.15, 0.2) is 60.7 Å². The highest BCUT2D eigenvalue weighted by Gasteiger charge is 2.79. The van der Waals surface area contributed by atoms with Gasteiger partial charge in [0.15, 0.2) is 32.6 Å². The summed E-state index contributed by atoms with van der Waals surface area (Å²) < 4.78 is 47.9. The topological polar surface area (TPSA) is 286 Å². The second-order valence-corrected chi connectivity index (χ2v) is 22.3. The standard InChI is InChI=1S/C52H61NO19S/c1-25-29(68-45(61)35(33(27-16-11-9-12-17-27)53-47(63)72-48(3,4)5)69-46(62)39-37-36(38(73-39)43(58)59)65-20-15-21-66-37)23-52(64)42(70-44(60)28-18-13-10-14-19-28)40-50(8,41(57)34(56)32(25)49(52,6)7)30(55)22-31-51(40,24-67-31)71-26(2)54/h9-14,16-19,25,29-33,35,40-42,55,57,64H,15,20-24H2,1-8H3,(H,53,63)(H,58,59)/t25?,29?,30-,31+,32-,33-,35+,40-,41?,42-,50+,51-,52+/m0/s1. The average molecular weight is 1040 g/mol. The number of nitrogens with one attached hydrogen (secondary N) is 1. The van der Waals surface area contributed by atoms with E-state index in [2.05, 4.69) is 5.32 Å². The van der Waals surface area contributed by atoms with Crippen molar-refractivity contribution in [2.24, 2.45) is 28.6 Å². The van der Waals surface area contributed by atoms with E-state index in [0.717, 1.165) is 6.92 Å². The molecule has 8 rings (SSSR count). The third-order valence-electron chi connectivity index (χ3n) is 15.3. The minimum absolute atomic E-state index is 0.0328. The van der Waals surface area contributed by atoms with Crippen molar-refractivity contribution in [3.63, 3.8) is 0 Å². The van der Waals surface area contributed by atoms with Crippen molar-refractivity contribution in [2.75, 3.05) is 19.8 Å². The van der Waals surface area contributed by atoms with Gasteiger partial charge in [-0.05, 0) is 38.5 Å². The number of carbonyl (C=O) groups excluding carboxylic acids is 6. The number of aliphatic hydroxyl groups is 3. The Morgan fingerprint density at radius 1 is 0.877 bits per heavy atom. The molecule has 4 fully saturated rings. The van der Waals surface area contributed by atoms with Gasteiger partial charge in [-0.3, -0.25) is 9.59 Å². The summed E-state index contributed by atoms with van der Waals surface area (Å²) in [6.07, 6.45) is -11.8. The maximum Gasteiger partial charge on any atom is 0.408 e. The minimum atomic E-state index is -2.47. The Bertz CT molecular complexity index is 2650. The Kier molecular flexibility index (Phi) is 14.3. The molecule has 3 heterocycles. The number of carboxylic acids is 1. The molecule has 1 amide bonds. The van der Waals surface area contributed by atoms with Gasteiger partial charge in [0.05, 0.1) is 37.4 Å².